The van der Waals surface area contributed by atoms with Gasteiger partial charge in [0.1, 0.15) is 0 Å². The fraction of sp³-hybridized carbons (Fsp3) is 0.636. The third-order valence-corrected chi connectivity index (χ3v) is 2.46. The Kier molecular flexibility index (Phi) is 4.01. The molecule has 78 valence electrons. The first-order valence-electron chi connectivity index (χ1n) is 5.16. The molecular weight excluding hydrogens is 174 g/mol. The lowest BCUT2D eigenvalue weighted by atomic mass is 10.2. The molecule has 1 aromatic heterocycles. The molecule has 1 N–H and O–H groups in total. The van der Waals surface area contributed by atoms with Crippen LogP contribution in [0.15, 0.2) is 6.07 Å². The van der Waals surface area contributed by atoms with E-state index in [1.54, 1.807) is 0 Å². The summed E-state index contributed by atoms with van der Waals surface area (Å²) in [5.74, 6) is 0. The van der Waals surface area contributed by atoms with Gasteiger partial charge >= 0.3 is 0 Å². The molecule has 1 atom stereocenters. The summed E-state index contributed by atoms with van der Waals surface area (Å²) in [7, 11) is 0. The van der Waals surface area contributed by atoms with Crippen LogP contribution in [0.25, 0.3) is 0 Å². The van der Waals surface area contributed by atoms with Gasteiger partial charge in [-0.15, -0.1) is 0 Å². The fourth-order valence-electron chi connectivity index (χ4n) is 1.21. The van der Waals surface area contributed by atoms with Gasteiger partial charge in [-0.25, -0.2) is 0 Å². The minimum Gasteiger partial charge on any atom is -0.310 e. The average Bonchev–Trinajstić information content (AvgIpc) is 2.19. The van der Waals surface area contributed by atoms with Crippen molar-refractivity contribution in [2.75, 3.05) is 0 Å². The predicted octanol–water partition coefficient (Wildman–Crippen LogP) is 1.98. The highest BCUT2D eigenvalue weighted by Gasteiger charge is 2.02. The number of nitrogens with zero attached hydrogens (tertiary/aromatic N) is 2. The van der Waals surface area contributed by atoms with Gasteiger partial charge in [-0.2, -0.15) is 10.2 Å². The maximum Gasteiger partial charge on any atom is 0.0645 e. The van der Waals surface area contributed by atoms with E-state index in [2.05, 4.69) is 35.4 Å². The van der Waals surface area contributed by atoms with Gasteiger partial charge in [0.05, 0.1) is 11.4 Å². The minimum absolute atomic E-state index is 0.558. The topological polar surface area (TPSA) is 37.8 Å². The van der Waals surface area contributed by atoms with Gasteiger partial charge in [0.2, 0.25) is 0 Å². The van der Waals surface area contributed by atoms with Gasteiger partial charge in [-0.3, -0.25) is 0 Å². The predicted molar refractivity (Wildman–Crippen MR) is 58.1 cm³/mol. The van der Waals surface area contributed by atoms with Crippen LogP contribution in [0.3, 0.4) is 0 Å². The normalized spacial score (nSPS) is 12.9. The quantitative estimate of drug-likeness (QED) is 0.794. The Bertz CT molecular complexity index is 297. The molecule has 3 heteroatoms. The largest absolute Gasteiger partial charge is 0.310 e. The zero-order valence-electron chi connectivity index (χ0n) is 9.46. The Balaban J connectivity index is 2.62. The fourth-order valence-corrected chi connectivity index (χ4v) is 1.21. The summed E-state index contributed by atoms with van der Waals surface area (Å²) in [6.45, 7) is 9.23. The van der Waals surface area contributed by atoms with Crippen molar-refractivity contribution in [1.82, 2.24) is 15.5 Å². The summed E-state index contributed by atoms with van der Waals surface area (Å²) >= 11 is 0. The Morgan fingerprint density at radius 2 is 2.07 bits per heavy atom. The number of aromatic nitrogens is 2. The number of hydrogen-bond acceptors (Lipinski definition) is 3. The van der Waals surface area contributed by atoms with E-state index in [9.17, 15) is 0 Å². The molecule has 0 aliphatic rings. The summed E-state index contributed by atoms with van der Waals surface area (Å²) in [5.41, 5.74) is 3.25. The Labute approximate surface area is 85.9 Å². The van der Waals surface area contributed by atoms with E-state index in [0.717, 1.165) is 24.4 Å². The smallest absolute Gasteiger partial charge is 0.0645 e. The SMILES string of the molecule is CCC(C)NCc1cc(C)nnc1C. The Hall–Kier alpha value is -0.960. The summed E-state index contributed by atoms with van der Waals surface area (Å²) in [4.78, 5) is 0. The molecule has 0 spiro atoms. The van der Waals surface area contributed by atoms with Crippen LogP contribution in [0.5, 0.6) is 0 Å². The van der Waals surface area contributed by atoms with Crippen molar-refractivity contribution in [2.24, 2.45) is 0 Å². The van der Waals surface area contributed by atoms with Crippen LogP contribution in [0.1, 0.15) is 37.2 Å². The lowest BCUT2D eigenvalue weighted by molar-refractivity contribution is 0.531. The van der Waals surface area contributed by atoms with E-state index < -0.39 is 0 Å². The first kappa shape index (κ1) is 11.1. The van der Waals surface area contributed by atoms with Gasteiger partial charge in [-0.1, -0.05) is 6.92 Å². The van der Waals surface area contributed by atoms with Crippen LogP contribution < -0.4 is 5.32 Å². The maximum atomic E-state index is 4.09. The van der Waals surface area contributed by atoms with Crippen LogP contribution >= 0.6 is 0 Å². The summed E-state index contributed by atoms with van der Waals surface area (Å²) < 4.78 is 0. The minimum atomic E-state index is 0.558. The van der Waals surface area contributed by atoms with E-state index in [-0.39, 0.29) is 0 Å². The van der Waals surface area contributed by atoms with Crippen molar-refractivity contribution >= 4 is 0 Å². The molecule has 0 amide bonds. The lowest BCUT2D eigenvalue weighted by Crippen LogP contribution is -2.25. The number of rotatable bonds is 4. The van der Waals surface area contributed by atoms with E-state index in [4.69, 9.17) is 0 Å². The Morgan fingerprint density at radius 1 is 1.36 bits per heavy atom. The standard InChI is InChI=1S/C11H19N3/c1-5-8(2)12-7-11-6-9(3)13-14-10(11)4/h6,8,12H,5,7H2,1-4H3. The van der Waals surface area contributed by atoms with E-state index in [1.807, 2.05) is 13.8 Å². The van der Waals surface area contributed by atoms with Crippen LogP contribution in [0.4, 0.5) is 0 Å². The average molecular weight is 193 g/mol. The number of nitrogens with one attached hydrogen (secondary N) is 1. The van der Waals surface area contributed by atoms with Crippen LogP contribution in [0.2, 0.25) is 0 Å². The van der Waals surface area contributed by atoms with Gasteiger partial charge in [-0.05, 0) is 38.8 Å². The number of aryl methyl sites for hydroxylation is 2. The molecule has 1 unspecified atom stereocenters. The third-order valence-electron chi connectivity index (χ3n) is 2.46. The molecule has 1 aromatic rings. The first-order chi connectivity index (χ1) is 6.63. The van der Waals surface area contributed by atoms with Crippen molar-refractivity contribution in [2.45, 2.75) is 46.7 Å². The summed E-state index contributed by atoms with van der Waals surface area (Å²) in [6.07, 6.45) is 1.15. The second-order valence-corrected chi connectivity index (χ2v) is 3.79. The Morgan fingerprint density at radius 3 is 2.71 bits per heavy atom. The second-order valence-electron chi connectivity index (χ2n) is 3.79. The van der Waals surface area contributed by atoms with Crippen LogP contribution in [0, 0.1) is 13.8 Å². The second kappa shape index (κ2) is 5.05. The summed E-state index contributed by atoms with van der Waals surface area (Å²) in [6, 6.07) is 2.65. The van der Waals surface area contributed by atoms with E-state index >= 15 is 0 Å². The monoisotopic (exact) mass is 193 g/mol. The van der Waals surface area contributed by atoms with Crippen LogP contribution in [-0.4, -0.2) is 16.2 Å². The molecule has 0 bridgehead atoms. The first-order valence-corrected chi connectivity index (χ1v) is 5.16. The maximum absolute atomic E-state index is 4.09. The van der Waals surface area contributed by atoms with Crippen molar-refractivity contribution in [3.8, 4) is 0 Å². The highest BCUT2D eigenvalue weighted by Crippen LogP contribution is 2.05. The summed E-state index contributed by atoms with van der Waals surface area (Å²) in [5, 5.41) is 11.6. The van der Waals surface area contributed by atoms with Gasteiger partial charge in [0, 0.05) is 12.6 Å². The van der Waals surface area contributed by atoms with E-state index in [0.29, 0.717) is 6.04 Å². The molecule has 0 radical (unpaired) electrons. The third kappa shape index (κ3) is 3.07. The molecule has 0 fully saturated rings. The molecule has 0 saturated heterocycles. The van der Waals surface area contributed by atoms with Gasteiger partial charge in [0.15, 0.2) is 0 Å². The van der Waals surface area contributed by atoms with Crippen molar-refractivity contribution in [3.05, 3.63) is 23.0 Å². The molecule has 14 heavy (non-hydrogen) atoms. The van der Waals surface area contributed by atoms with E-state index in [1.165, 1.54) is 5.56 Å². The van der Waals surface area contributed by atoms with Crippen molar-refractivity contribution in [1.29, 1.82) is 0 Å². The molecule has 0 aliphatic carbocycles. The molecule has 1 heterocycles. The molecule has 0 aromatic carbocycles. The van der Waals surface area contributed by atoms with Gasteiger partial charge < -0.3 is 5.32 Å². The lowest BCUT2D eigenvalue weighted by Gasteiger charge is -2.12. The highest BCUT2D eigenvalue weighted by molar-refractivity contribution is 5.19. The van der Waals surface area contributed by atoms with Crippen molar-refractivity contribution in [3.63, 3.8) is 0 Å². The number of hydrogen-bond donors (Lipinski definition) is 1. The molecule has 0 aliphatic heterocycles. The zero-order valence-corrected chi connectivity index (χ0v) is 9.46. The highest BCUT2D eigenvalue weighted by atomic mass is 15.1. The van der Waals surface area contributed by atoms with Gasteiger partial charge in [0.25, 0.3) is 0 Å². The molecule has 3 nitrogen and oxygen atoms in total. The molecule has 1 rings (SSSR count). The van der Waals surface area contributed by atoms with Crippen LogP contribution in [-0.2, 0) is 6.54 Å². The zero-order chi connectivity index (χ0) is 10.6. The molecular formula is C11H19N3. The van der Waals surface area contributed by atoms with Crippen molar-refractivity contribution < 1.29 is 0 Å². The molecule has 0 saturated carbocycles.